The van der Waals surface area contributed by atoms with E-state index in [1.165, 1.54) is 6.39 Å². The molecule has 0 spiro atoms. The summed E-state index contributed by atoms with van der Waals surface area (Å²) in [7, 11) is 3.99. The van der Waals surface area contributed by atoms with Gasteiger partial charge in [-0.2, -0.15) is 0 Å². The highest BCUT2D eigenvalue weighted by Crippen LogP contribution is 1.95. The fourth-order valence-corrected chi connectivity index (χ4v) is 0.640. The zero-order valence-corrected chi connectivity index (χ0v) is 6.89. The summed E-state index contributed by atoms with van der Waals surface area (Å²) in [6, 6.07) is 0. The highest BCUT2D eigenvalue weighted by molar-refractivity contribution is 5.85. The lowest BCUT2D eigenvalue weighted by atomic mass is 10.5. The molecule has 0 amide bonds. The predicted octanol–water partition coefficient (Wildman–Crippen LogP) is 1.16. The number of hydrogen-bond acceptors (Lipinski definition) is 3. The van der Waals surface area contributed by atoms with Crippen LogP contribution in [0.25, 0.3) is 0 Å². The molecule has 1 rings (SSSR count). The van der Waals surface area contributed by atoms with E-state index in [2.05, 4.69) is 4.98 Å². The Balaban J connectivity index is 0.000000810. The second-order valence-corrected chi connectivity index (χ2v) is 2.22. The minimum atomic E-state index is 0. The summed E-state index contributed by atoms with van der Waals surface area (Å²) in [5, 5.41) is 0. The Hall–Kier alpha value is -0.540. The van der Waals surface area contributed by atoms with Gasteiger partial charge in [-0.1, -0.05) is 0 Å². The second-order valence-electron chi connectivity index (χ2n) is 2.22. The monoisotopic (exact) mass is 162 g/mol. The highest BCUT2D eigenvalue weighted by atomic mass is 35.5. The van der Waals surface area contributed by atoms with Gasteiger partial charge in [0.25, 0.3) is 0 Å². The van der Waals surface area contributed by atoms with Gasteiger partial charge < -0.3 is 9.32 Å². The van der Waals surface area contributed by atoms with Crippen LogP contribution >= 0.6 is 12.4 Å². The lowest BCUT2D eigenvalue weighted by Gasteiger charge is -2.04. The van der Waals surface area contributed by atoms with Crippen LogP contribution in [0, 0.1) is 0 Å². The SMILES string of the molecule is CN(C)Cc1cocn1.Cl. The van der Waals surface area contributed by atoms with Crippen molar-refractivity contribution in [3.05, 3.63) is 18.4 Å². The van der Waals surface area contributed by atoms with E-state index in [0.717, 1.165) is 12.2 Å². The normalized spacial score (nSPS) is 9.50. The van der Waals surface area contributed by atoms with Crippen molar-refractivity contribution >= 4 is 12.4 Å². The molecule has 0 saturated heterocycles. The third-order valence-corrected chi connectivity index (χ3v) is 0.962. The second kappa shape index (κ2) is 4.30. The van der Waals surface area contributed by atoms with E-state index in [0.29, 0.717) is 0 Å². The summed E-state index contributed by atoms with van der Waals surface area (Å²) in [4.78, 5) is 5.99. The Morgan fingerprint density at radius 1 is 1.60 bits per heavy atom. The molecule has 0 aliphatic carbocycles. The lowest BCUT2D eigenvalue weighted by molar-refractivity contribution is 0.396. The lowest BCUT2D eigenvalue weighted by Crippen LogP contribution is -2.10. The first kappa shape index (κ1) is 9.46. The molecule has 0 saturated carbocycles. The van der Waals surface area contributed by atoms with Gasteiger partial charge in [0, 0.05) is 6.54 Å². The largest absolute Gasteiger partial charge is 0.451 e. The van der Waals surface area contributed by atoms with E-state index in [9.17, 15) is 0 Å². The standard InChI is InChI=1S/C6H10N2O.ClH/c1-8(2)3-6-4-9-5-7-6;/h4-5H,3H2,1-2H3;1H. The topological polar surface area (TPSA) is 29.3 Å². The quantitative estimate of drug-likeness (QED) is 0.654. The molecular formula is C6H11ClN2O. The molecule has 0 aliphatic rings. The van der Waals surface area contributed by atoms with E-state index in [1.807, 2.05) is 19.0 Å². The van der Waals surface area contributed by atoms with Crippen LogP contribution in [0.2, 0.25) is 0 Å². The van der Waals surface area contributed by atoms with Gasteiger partial charge in [-0.25, -0.2) is 4.98 Å². The summed E-state index contributed by atoms with van der Waals surface area (Å²) < 4.78 is 4.78. The summed E-state index contributed by atoms with van der Waals surface area (Å²) >= 11 is 0. The summed E-state index contributed by atoms with van der Waals surface area (Å²) in [6.07, 6.45) is 3.10. The Morgan fingerprint density at radius 2 is 2.30 bits per heavy atom. The number of aromatic nitrogens is 1. The smallest absolute Gasteiger partial charge is 0.180 e. The first-order chi connectivity index (χ1) is 4.29. The van der Waals surface area contributed by atoms with E-state index < -0.39 is 0 Å². The molecule has 0 radical (unpaired) electrons. The van der Waals surface area contributed by atoms with Crippen molar-refractivity contribution in [1.82, 2.24) is 9.88 Å². The van der Waals surface area contributed by atoms with Crippen molar-refractivity contribution in [3.8, 4) is 0 Å². The van der Waals surface area contributed by atoms with E-state index in [1.54, 1.807) is 6.26 Å². The van der Waals surface area contributed by atoms with Gasteiger partial charge in [0.2, 0.25) is 0 Å². The maximum Gasteiger partial charge on any atom is 0.180 e. The highest BCUT2D eigenvalue weighted by Gasteiger charge is 1.95. The molecule has 0 fully saturated rings. The molecule has 1 aromatic rings. The van der Waals surface area contributed by atoms with Crippen LogP contribution in [0.4, 0.5) is 0 Å². The number of halogens is 1. The molecule has 1 heterocycles. The van der Waals surface area contributed by atoms with Crippen molar-refractivity contribution in [2.75, 3.05) is 14.1 Å². The minimum absolute atomic E-state index is 0. The molecule has 0 unspecified atom stereocenters. The Morgan fingerprint density at radius 3 is 2.70 bits per heavy atom. The van der Waals surface area contributed by atoms with Gasteiger partial charge in [0.1, 0.15) is 6.26 Å². The average molecular weight is 163 g/mol. The Kier molecular flexibility index (Phi) is 4.07. The molecule has 10 heavy (non-hydrogen) atoms. The number of oxazole rings is 1. The molecular weight excluding hydrogens is 152 g/mol. The van der Waals surface area contributed by atoms with Gasteiger partial charge in [-0.05, 0) is 14.1 Å². The first-order valence-corrected chi connectivity index (χ1v) is 2.81. The summed E-state index contributed by atoms with van der Waals surface area (Å²) in [5.74, 6) is 0. The van der Waals surface area contributed by atoms with E-state index >= 15 is 0 Å². The third kappa shape index (κ3) is 2.85. The van der Waals surface area contributed by atoms with Crippen molar-refractivity contribution in [3.63, 3.8) is 0 Å². The fraction of sp³-hybridized carbons (Fsp3) is 0.500. The van der Waals surface area contributed by atoms with Crippen LogP contribution in [0.1, 0.15) is 5.69 Å². The fourth-order valence-electron chi connectivity index (χ4n) is 0.640. The number of nitrogens with zero attached hydrogens (tertiary/aromatic N) is 2. The van der Waals surface area contributed by atoms with Crippen molar-refractivity contribution < 1.29 is 4.42 Å². The van der Waals surface area contributed by atoms with Crippen LogP contribution in [0.15, 0.2) is 17.1 Å². The van der Waals surface area contributed by atoms with Gasteiger partial charge in [0.05, 0.1) is 5.69 Å². The summed E-state index contributed by atoms with van der Waals surface area (Å²) in [6.45, 7) is 0.844. The van der Waals surface area contributed by atoms with Crippen molar-refractivity contribution in [2.24, 2.45) is 0 Å². The van der Waals surface area contributed by atoms with Crippen molar-refractivity contribution in [1.29, 1.82) is 0 Å². The zero-order chi connectivity index (χ0) is 6.69. The van der Waals surface area contributed by atoms with Crippen molar-refractivity contribution in [2.45, 2.75) is 6.54 Å². The molecule has 4 heteroatoms. The molecule has 3 nitrogen and oxygen atoms in total. The molecule has 0 N–H and O–H groups in total. The Labute approximate surface area is 66.5 Å². The maximum atomic E-state index is 4.78. The molecule has 0 aliphatic heterocycles. The van der Waals surface area contributed by atoms with Gasteiger partial charge >= 0.3 is 0 Å². The summed E-state index contributed by atoms with van der Waals surface area (Å²) in [5.41, 5.74) is 0.972. The maximum absolute atomic E-state index is 4.78. The van der Waals surface area contributed by atoms with Crippen LogP contribution in [0.5, 0.6) is 0 Å². The van der Waals surface area contributed by atoms with Gasteiger partial charge in [-0.15, -0.1) is 12.4 Å². The minimum Gasteiger partial charge on any atom is -0.451 e. The molecule has 1 aromatic heterocycles. The average Bonchev–Trinajstić information content (AvgIpc) is 2.15. The van der Waals surface area contributed by atoms with Crippen LogP contribution in [-0.4, -0.2) is 24.0 Å². The first-order valence-electron chi connectivity index (χ1n) is 2.81. The molecule has 0 bridgehead atoms. The zero-order valence-electron chi connectivity index (χ0n) is 6.07. The van der Waals surface area contributed by atoms with E-state index in [4.69, 9.17) is 4.42 Å². The molecule has 0 atom stereocenters. The van der Waals surface area contributed by atoms with Gasteiger partial charge in [0.15, 0.2) is 6.39 Å². The van der Waals surface area contributed by atoms with Gasteiger partial charge in [-0.3, -0.25) is 0 Å². The van der Waals surface area contributed by atoms with Crippen LogP contribution in [-0.2, 0) is 6.54 Å². The third-order valence-electron chi connectivity index (χ3n) is 0.962. The Bertz CT molecular complexity index is 162. The molecule has 0 aromatic carbocycles. The van der Waals surface area contributed by atoms with Crippen LogP contribution in [0.3, 0.4) is 0 Å². The van der Waals surface area contributed by atoms with E-state index in [-0.39, 0.29) is 12.4 Å². The number of rotatable bonds is 2. The predicted molar refractivity (Wildman–Crippen MR) is 41.1 cm³/mol. The number of hydrogen-bond donors (Lipinski definition) is 0. The molecule has 58 valence electrons. The van der Waals surface area contributed by atoms with Crippen LogP contribution < -0.4 is 0 Å².